The van der Waals surface area contributed by atoms with Crippen molar-refractivity contribution in [3.63, 3.8) is 0 Å². The molecule has 2 aliphatic rings. The van der Waals surface area contributed by atoms with Crippen LogP contribution in [0.25, 0.3) is 0 Å². The Kier molecular flexibility index (Phi) is 4.94. The van der Waals surface area contributed by atoms with Crippen molar-refractivity contribution < 1.29 is 22.6 Å². The third-order valence-corrected chi connectivity index (χ3v) is 6.80. The van der Waals surface area contributed by atoms with Gasteiger partial charge < -0.3 is 14.2 Å². The van der Waals surface area contributed by atoms with Crippen LogP contribution < -0.4 is 14.2 Å². The van der Waals surface area contributed by atoms with Crippen molar-refractivity contribution in [1.29, 1.82) is 0 Å². The molecule has 0 amide bonds. The Morgan fingerprint density at radius 2 is 1.74 bits per heavy atom. The maximum Gasteiger partial charge on any atom is 0.246 e. The van der Waals surface area contributed by atoms with E-state index in [1.54, 1.807) is 24.3 Å². The Labute approximate surface area is 159 Å². The van der Waals surface area contributed by atoms with Crippen LogP contribution >= 0.6 is 0 Å². The first-order valence-corrected chi connectivity index (χ1v) is 10.3. The van der Waals surface area contributed by atoms with Crippen LogP contribution in [0.4, 0.5) is 0 Å². The second-order valence-electron chi connectivity index (χ2n) is 6.52. The molecule has 1 fully saturated rings. The normalized spacial score (nSPS) is 17.8. The Balaban J connectivity index is 1.41. The average molecular weight is 390 g/mol. The van der Waals surface area contributed by atoms with Gasteiger partial charge >= 0.3 is 0 Å². The molecule has 4 rings (SSSR count). The number of methoxy groups -OCH3 is 1. The van der Waals surface area contributed by atoms with Gasteiger partial charge in [0.25, 0.3) is 0 Å². The van der Waals surface area contributed by atoms with Crippen LogP contribution in [0.15, 0.2) is 47.4 Å². The number of hydrogen-bond acceptors (Lipinski definition) is 6. The number of ether oxygens (including phenoxy) is 3. The highest BCUT2D eigenvalue weighted by molar-refractivity contribution is 7.89. The fraction of sp³-hybridized carbons (Fsp3) is 0.368. The van der Waals surface area contributed by atoms with Gasteiger partial charge in [0.2, 0.25) is 16.8 Å². The molecular formula is C19H22N2O5S. The van der Waals surface area contributed by atoms with Crippen LogP contribution in [0.2, 0.25) is 0 Å². The molecule has 0 aliphatic carbocycles. The van der Waals surface area contributed by atoms with E-state index < -0.39 is 10.0 Å². The summed E-state index contributed by atoms with van der Waals surface area (Å²) in [6, 6.07) is 12.7. The van der Waals surface area contributed by atoms with Gasteiger partial charge in [0.1, 0.15) is 10.6 Å². The lowest BCUT2D eigenvalue weighted by Gasteiger charge is -2.34. The van der Waals surface area contributed by atoms with Crippen molar-refractivity contribution in [2.24, 2.45) is 0 Å². The van der Waals surface area contributed by atoms with Gasteiger partial charge in [-0.25, -0.2) is 8.42 Å². The molecule has 144 valence electrons. The molecule has 2 aromatic carbocycles. The molecule has 0 bridgehead atoms. The largest absolute Gasteiger partial charge is 0.495 e. The second kappa shape index (κ2) is 7.38. The summed E-state index contributed by atoms with van der Waals surface area (Å²) in [5, 5.41) is 0. The van der Waals surface area contributed by atoms with E-state index in [2.05, 4.69) is 4.90 Å². The zero-order chi connectivity index (χ0) is 18.9. The van der Waals surface area contributed by atoms with Gasteiger partial charge in [-0.15, -0.1) is 0 Å². The van der Waals surface area contributed by atoms with E-state index in [0.717, 1.165) is 23.6 Å². The predicted octanol–water partition coefficient (Wildman–Crippen LogP) is 1.93. The molecule has 2 aliphatic heterocycles. The zero-order valence-corrected chi connectivity index (χ0v) is 15.9. The minimum absolute atomic E-state index is 0.219. The smallest absolute Gasteiger partial charge is 0.246 e. The summed E-state index contributed by atoms with van der Waals surface area (Å²) in [6.07, 6.45) is 0. The van der Waals surface area contributed by atoms with E-state index in [1.165, 1.54) is 11.4 Å². The molecule has 8 heteroatoms. The Hall–Kier alpha value is -2.29. The number of piperazine rings is 1. The maximum absolute atomic E-state index is 13.0. The van der Waals surface area contributed by atoms with Gasteiger partial charge in [-0.3, -0.25) is 4.90 Å². The molecule has 0 unspecified atom stereocenters. The number of rotatable bonds is 5. The van der Waals surface area contributed by atoms with Crippen LogP contribution in [-0.4, -0.2) is 57.7 Å². The first kappa shape index (κ1) is 18.1. The van der Waals surface area contributed by atoms with Gasteiger partial charge in [-0.05, 0) is 29.8 Å². The Morgan fingerprint density at radius 3 is 2.52 bits per heavy atom. The summed E-state index contributed by atoms with van der Waals surface area (Å²) in [6.45, 7) is 3.25. The number of nitrogens with zero attached hydrogens (tertiary/aromatic N) is 2. The number of para-hydroxylation sites is 1. The first-order valence-electron chi connectivity index (χ1n) is 8.82. The van der Waals surface area contributed by atoms with E-state index in [9.17, 15) is 8.42 Å². The molecule has 7 nitrogen and oxygen atoms in total. The molecule has 1 saturated heterocycles. The molecule has 0 atom stereocenters. The molecular weight excluding hydrogens is 368 g/mol. The minimum atomic E-state index is -3.56. The van der Waals surface area contributed by atoms with Gasteiger partial charge in [-0.2, -0.15) is 4.31 Å². The number of sulfonamides is 1. The quantitative estimate of drug-likeness (QED) is 0.777. The highest BCUT2D eigenvalue weighted by Crippen LogP contribution is 2.33. The number of fused-ring (bicyclic) bond motifs is 1. The highest BCUT2D eigenvalue weighted by Gasteiger charge is 2.30. The predicted molar refractivity (Wildman–Crippen MR) is 99.6 cm³/mol. The summed E-state index contributed by atoms with van der Waals surface area (Å²) in [7, 11) is -2.08. The van der Waals surface area contributed by atoms with Crippen molar-refractivity contribution in [2.45, 2.75) is 11.4 Å². The summed E-state index contributed by atoms with van der Waals surface area (Å²) in [5.74, 6) is 1.91. The van der Waals surface area contributed by atoms with Gasteiger partial charge in [0, 0.05) is 32.7 Å². The fourth-order valence-corrected chi connectivity index (χ4v) is 4.97. The standard InChI is InChI=1S/C19H22N2O5S/c1-24-17-4-2-3-5-19(17)27(22,23)21-10-8-20(9-11-21)13-15-6-7-16-18(12-15)26-14-25-16/h2-7,12H,8-11,13-14H2,1H3. The van der Waals surface area contributed by atoms with Crippen LogP contribution in [0.3, 0.4) is 0 Å². The Bertz CT molecular complexity index is 923. The molecule has 0 spiro atoms. The lowest BCUT2D eigenvalue weighted by molar-refractivity contribution is 0.173. The van der Waals surface area contributed by atoms with Gasteiger partial charge in [-0.1, -0.05) is 18.2 Å². The van der Waals surface area contributed by atoms with Crippen LogP contribution in [0.5, 0.6) is 17.2 Å². The van der Waals surface area contributed by atoms with E-state index in [-0.39, 0.29) is 11.7 Å². The third-order valence-electron chi connectivity index (χ3n) is 4.86. The molecule has 0 saturated carbocycles. The van der Waals surface area contributed by atoms with E-state index in [4.69, 9.17) is 14.2 Å². The monoisotopic (exact) mass is 390 g/mol. The molecule has 0 radical (unpaired) electrons. The summed E-state index contributed by atoms with van der Waals surface area (Å²) in [4.78, 5) is 2.46. The topological polar surface area (TPSA) is 68.3 Å². The summed E-state index contributed by atoms with van der Waals surface area (Å²) >= 11 is 0. The minimum Gasteiger partial charge on any atom is -0.495 e. The van der Waals surface area contributed by atoms with Crippen molar-refractivity contribution >= 4 is 10.0 Å². The zero-order valence-electron chi connectivity index (χ0n) is 15.1. The summed E-state index contributed by atoms with van der Waals surface area (Å²) in [5.41, 5.74) is 1.13. The van der Waals surface area contributed by atoms with E-state index in [1.807, 2.05) is 18.2 Å². The lowest BCUT2D eigenvalue weighted by atomic mass is 10.2. The number of hydrogen-bond donors (Lipinski definition) is 0. The molecule has 0 aromatic heterocycles. The van der Waals surface area contributed by atoms with Gasteiger partial charge in [0.15, 0.2) is 11.5 Å². The molecule has 0 N–H and O–H groups in total. The van der Waals surface area contributed by atoms with Crippen LogP contribution in [0, 0.1) is 0 Å². The summed E-state index contributed by atoms with van der Waals surface area (Å²) < 4.78 is 43.4. The highest BCUT2D eigenvalue weighted by atomic mass is 32.2. The first-order chi connectivity index (χ1) is 13.1. The Morgan fingerprint density at radius 1 is 1.00 bits per heavy atom. The number of benzene rings is 2. The molecule has 2 heterocycles. The fourth-order valence-electron chi connectivity index (χ4n) is 3.40. The van der Waals surface area contributed by atoms with Crippen LogP contribution in [-0.2, 0) is 16.6 Å². The molecule has 27 heavy (non-hydrogen) atoms. The van der Waals surface area contributed by atoms with Crippen molar-refractivity contribution in [1.82, 2.24) is 9.21 Å². The van der Waals surface area contributed by atoms with E-state index in [0.29, 0.717) is 31.9 Å². The van der Waals surface area contributed by atoms with Crippen molar-refractivity contribution in [3.05, 3.63) is 48.0 Å². The average Bonchev–Trinajstić information content (AvgIpc) is 3.16. The maximum atomic E-state index is 13.0. The van der Waals surface area contributed by atoms with E-state index >= 15 is 0 Å². The second-order valence-corrected chi connectivity index (χ2v) is 8.43. The lowest BCUT2D eigenvalue weighted by Crippen LogP contribution is -2.48. The third kappa shape index (κ3) is 3.60. The van der Waals surface area contributed by atoms with Crippen molar-refractivity contribution in [3.8, 4) is 17.2 Å². The molecule has 2 aromatic rings. The van der Waals surface area contributed by atoms with Crippen molar-refractivity contribution in [2.75, 3.05) is 40.1 Å². The van der Waals surface area contributed by atoms with Crippen LogP contribution in [0.1, 0.15) is 5.56 Å². The van der Waals surface area contributed by atoms with Gasteiger partial charge in [0.05, 0.1) is 7.11 Å². The SMILES string of the molecule is COc1ccccc1S(=O)(=O)N1CCN(Cc2ccc3c(c2)OCO3)CC1.